The molecule has 0 spiro atoms. The number of amides is 2. The minimum atomic E-state index is -0.279. The van der Waals surface area contributed by atoms with Crippen molar-refractivity contribution in [3.63, 3.8) is 0 Å². The van der Waals surface area contributed by atoms with Gasteiger partial charge in [-0.2, -0.15) is 0 Å². The predicted molar refractivity (Wildman–Crippen MR) is 119 cm³/mol. The van der Waals surface area contributed by atoms with E-state index in [2.05, 4.69) is 0 Å². The van der Waals surface area contributed by atoms with E-state index in [0.29, 0.717) is 12.1 Å². The van der Waals surface area contributed by atoms with E-state index in [0.717, 1.165) is 36.8 Å². The second-order valence-corrected chi connectivity index (χ2v) is 9.30. The van der Waals surface area contributed by atoms with Crippen LogP contribution in [0.4, 0.5) is 4.39 Å². The largest absolute Gasteiger partial charge is 0.394 e. The molecule has 2 aromatic carbocycles. The zero-order chi connectivity index (χ0) is 22.2. The highest BCUT2D eigenvalue weighted by atomic mass is 19.1. The lowest BCUT2D eigenvalue weighted by molar-refractivity contribution is -0.168. The molecule has 3 fully saturated rings. The molecule has 168 valence electrons. The van der Waals surface area contributed by atoms with Crippen molar-refractivity contribution in [3.05, 3.63) is 59.9 Å². The highest BCUT2D eigenvalue weighted by Crippen LogP contribution is 2.43. The van der Waals surface area contributed by atoms with Crippen LogP contribution in [0.3, 0.4) is 0 Å². The molecule has 2 saturated heterocycles. The molecule has 0 radical (unpaired) electrons. The van der Waals surface area contributed by atoms with Crippen LogP contribution in [0.15, 0.2) is 48.5 Å². The summed E-state index contributed by atoms with van der Waals surface area (Å²) in [6.45, 7) is 0.511. The molecule has 0 unspecified atom stereocenters. The SMILES string of the molecule is O=C(C1CCCCC1)N1CC(=O)N2[C@H](CO)[C@@H](c3ccc(-c4ccccc4F)cc3)[C@H]2C1. The summed E-state index contributed by atoms with van der Waals surface area (Å²) in [4.78, 5) is 29.4. The summed E-state index contributed by atoms with van der Waals surface area (Å²) >= 11 is 0. The molecule has 1 saturated carbocycles. The van der Waals surface area contributed by atoms with Gasteiger partial charge in [-0.1, -0.05) is 61.7 Å². The number of carbonyl (C=O) groups is 2. The third-order valence-corrected chi connectivity index (χ3v) is 7.50. The van der Waals surface area contributed by atoms with E-state index in [1.54, 1.807) is 21.9 Å². The van der Waals surface area contributed by atoms with Gasteiger partial charge in [-0.25, -0.2) is 4.39 Å². The van der Waals surface area contributed by atoms with Crippen molar-refractivity contribution in [2.75, 3.05) is 19.7 Å². The molecule has 1 N–H and O–H groups in total. The van der Waals surface area contributed by atoms with Gasteiger partial charge in [-0.15, -0.1) is 0 Å². The van der Waals surface area contributed by atoms with Gasteiger partial charge in [0.25, 0.3) is 0 Å². The lowest BCUT2D eigenvalue weighted by Crippen LogP contribution is -2.73. The third kappa shape index (κ3) is 3.60. The molecule has 5 nitrogen and oxygen atoms in total. The Hall–Kier alpha value is -2.73. The average molecular weight is 437 g/mol. The normalized spacial score (nSPS) is 25.9. The van der Waals surface area contributed by atoms with Crippen molar-refractivity contribution in [3.8, 4) is 11.1 Å². The van der Waals surface area contributed by atoms with E-state index < -0.39 is 0 Å². The molecule has 2 heterocycles. The number of aliphatic hydroxyl groups is 1. The lowest BCUT2D eigenvalue weighted by Gasteiger charge is -2.59. The van der Waals surface area contributed by atoms with Crippen LogP contribution in [0.2, 0.25) is 0 Å². The maximum atomic E-state index is 14.2. The van der Waals surface area contributed by atoms with Crippen LogP contribution in [0.5, 0.6) is 0 Å². The molecule has 6 heteroatoms. The van der Waals surface area contributed by atoms with E-state index in [-0.39, 0.29) is 54.7 Å². The number of piperazine rings is 1. The Morgan fingerprint density at radius 2 is 1.75 bits per heavy atom. The third-order valence-electron chi connectivity index (χ3n) is 7.50. The fourth-order valence-electron chi connectivity index (χ4n) is 5.86. The van der Waals surface area contributed by atoms with Crippen molar-refractivity contribution >= 4 is 11.8 Å². The Bertz CT molecular complexity index is 1000. The molecule has 1 aliphatic carbocycles. The first-order valence-electron chi connectivity index (χ1n) is 11.6. The van der Waals surface area contributed by atoms with Gasteiger partial charge in [-0.3, -0.25) is 9.59 Å². The zero-order valence-electron chi connectivity index (χ0n) is 18.1. The standard InChI is InChI=1S/C26H29FN2O3/c27-21-9-5-4-8-20(21)17-10-12-18(13-11-17)25-22-14-28(15-24(31)29(22)23(25)16-30)26(32)19-6-2-1-3-7-19/h4-5,8-13,19,22-23,25,30H,1-3,6-7,14-16H2/t22-,23-,25+/m1/s1. The minimum absolute atomic E-state index is 0.0373. The van der Waals surface area contributed by atoms with Crippen molar-refractivity contribution < 1.29 is 19.1 Å². The van der Waals surface area contributed by atoms with Gasteiger partial charge >= 0.3 is 0 Å². The van der Waals surface area contributed by atoms with Crippen molar-refractivity contribution in [2.24, 2.45) is 5.92 Å². The van der Waals surface area contributed by atoms with Gasteiger partial charge in [0.2, 0.25) is 11.8 Å². The van der Waals surface area contributed by atoms with Crippen LogP contribution in [0.25, 0.3) is 11.1 Å². The van der Waals surface area contributed by atoms with Gasteiger partial charge in [0.15, 0.2) is 0 Å². The first-order chi connectivity index (χ1) is 15.6. The summed E-state index contributed by atoms with van der Waals surface area (Å²) in [7, 11) is 0. The topological polar surface area (TPSA) is 60.9 Å². The highest BCUT2D eigenvalue weighted by Gasteiger charge is 2.54. The van der Waals surface area contributed by atoms with E-state index >= 15 is 0 Å². The number of hydrogen-bond donors (Lipinski definition) is 1. The van der Waals surface area contributed by atoms with Crippen LogP contribution in [-0.4, -0.2) is 58.5 Å². The quantitative estimate of drug-likeness (QED) is 0.797. The van der Waals surface area contributed by atoms with Crippen molar-refractivity contribution in [1.29, 1.82) is 0 Å². The van der Waals surface area contributed by atoms with Crippen LogP contribution >= 0.6 is 0 Å². The van der Waals surface area contributed by atoms with E-state index in [1.807, 2.05) is 30.3 Å². The minimum Gasteiger partial charge on any atom is -0.394 e. The number of aliphatic hydroxyl groups excluding tert-OH is 1. The maximum Gasteiger partial charge on any atom is 0.242 e. The molecule has 3 atom stereocenters. The first kappa shape index (κ1) is 21.1. The number of nitrogens with zero attached hydrogens (tertiary/aromatic N) is 2. The van der Waals surface area contributed by atoms with Crippen molar-refractivity contribution in [1.82, 2.24) is 9.80 Å². The molecule has 3 aliphatic rings. The van der Waals surface area contributed by atoms with E-state index in [4.69, 9.17) is 0 Å². The number of rotatable bonds is 4. The Morgan fingerprint density at radius 3 is 2.44 bits per heavy atom. The molecule has 2 aromatic rings. The molecule has 0 bridgehead atoms. The Labute approximate surface area is 187 Å². The Kier molecular flexibility index (Phi) is 5.72. The summed E-state index contributed by atoms with van der Waals surface area (Å²) in [6.07, 6.45) is 5.17. The summed E-state index contributed by atoms with van der Waals surface area (Å²) in [6, 6.07) is 14.0. The molecule has 5 rings (SSSR count). The molecular formula is C26H29FN2O3. The fourth-order valence-corrected chi connectivity index (χ4v) is 5.86. The summed E-state index contributed by atoms with van der Waals surface area (Å²) < 4.78 is 14.2. The van der Waals surface area contributed by atoms with Crippen LogP contribution < -0.4 is 0 Å². The van der Waals surface area contributed by atoms with Gasteiger partial charge in [0.1, 0.15) is 5.82 Å². The summed E-state index contributed by atoms with van der Waals surface area (Å²) in [5.41, 5.74) is 2.34. The molecule has 2 aliphatic heterocycles. The molecule has 2 amide bonds. The zero-order valence-corrected chi connectivity index (χ0v) is 18.1. The summed E-state index contributed by atoms with van der Waals surface area (Å²) in [5, 5.41) is 10.00. The lowest BCUT2D eigenvalue weighted by atomic mass is 9.73. The first-order valence-corrected chi connectivity index (χ1v) is 11.6. The fraction of sp³-hybridized carbons (Fsp3) is 0.462. The molecule has 0 aromatic heterocycles. The van der Waals surface area contributed by atoms with Gasteiger partial charge in [-0.05, 0) is 30.0 Å². The number of carbonyl (C=O) groups excluding carboxylic acids is 2. The Morgan fingerprint density at radius 1 is 1.03 bits per heavy atom. The van der Waals surface area contributed by atoms with E-state index in [1.165, 1.54) is 12.5 Å². The smallest absolute Gasteiger partial charge is 0.242 e. The Balaban J connectivity index is 1.36. The monoisotopic (exact) mass is 436 g/mol. The van der Waals surface area contributed by atoms with Gasteiger partial charge in [0.05, 0.1) is 25.2 Å². The van der Waals surface area contributed by atoms with E-state index in [9.17, 15) is 19.1 Å². The van der Waals surface area contributed by atoms with Crippen molar-refractivity contribution in [2.45, 2.75) is 50.1 Å². The maximum absolute atomic E-state index is 14.2. The second-order valence-electron chi connectivity index (χ2n) is 9.30. The highest BCUT2D eigenvalue weighted by molar-refractivity contribution is 5.88. The van der Waals surface area contributed by atoms with Gasteiger partial charge in [0, 0.05) is 23.9 Å². The second kappa shape index (κ2) is 8.66. The summed E-state index contributed by atoms with van der Waals surface area (Å²) in [5.74, 6) is -0.239. The number of fused-ring (bicyclic) bond motifs is 1. The van der Waals surface area contributed by atoms with Crippen LogP contribution in [0, 0.1) is 11.7 Å². The van der Waals surface area contributed by atoms with Crippen LogP contribution in [0.1, 0.15) is 43.6 Å². The van der Waals surface area contributed by atoms with Crippen LogP contribution in [-0.2, 0) is 9.59 Å². The number of halogens is 1. The molecule has 32 heavy (non-hydrogen) atoms. The number of benzene rings is 2. The predicted octanol–water partition coefficient (Wildman–Crippen LogP) is 3.57. The molecular weight excluding hydrogens is 407 g/mol. The average Bonchev–Trinajstić information content (AvgIpc) is 2.81. The number of hydrogen-bond acceptors (Lipinski definition) is 3. The van der Waals surface area contributed by atoms with Gasteiger partial charge < -0.3 is 14.9 Å².